The quantitative estimate of drug-likeness (QED) is 0.151. The Morgan fingerprint density at radius 2 is 0.586 bits per heavy atom. The average Bonchev–Trinajstić information content (AvgIpc) is 4.21. The van der Waals surface area contributed by atoms with Crippen LogP contribution in [0.1, 0.15) is 5.48 Å². The fourth-order valence-electron chi connectivity index (χ4n) is 11.9. The maximum Gasteiger partial charge on any atom is 0.0634 e. The Morgan fingerprint density at radius 3 is 0.929 bits per heavy atom. The molecule has 15 aromatic rings. The molecular formula is C66H42N4. The fourth-order valence-corrected chi connectivity index (χ4v) is 11.9. The van der Waals surface area contributed by atoms with Gasteiger partial charge in [0.05, 0.1) is 50.0 Å². The van der Waals surface area contributed by atoms with Gasteiger partial charge in [-0.1, -0.05) is 182 Å². The van der Waals surface area contributed by atoms with E-state index in [1.807, 2.05) is 97.1 Å². The van der Waals surface area contributed by atoms with E-state index < -0.39 is 0 Å². The molecule has 0 fully saturated rings. The third-order valence-electron chi connectivity index (χ3n) is 14.5. The molecular weight excluding hydrogens is 849 g/mol. The first-order chi connectivity index (χ1) is 36.4. The van der Waals surface area contributed by atoms with E-state index in [0.29, 0.717) is 24.2 Å². The van der Waals surface area contributed by atoms with Crippen molar-refractivity contribution in [1.82, 2.24) is 8.80 Å². The second-order valence-corrected chi connectivity index (χ2v) is 18.0. The second kappa shape index (κ2) is 15.1. The highest BCUT2D eigenvalue weighted by Gasteiger charge is 2.32. The summed E-state index contributed by atoms with van der Waals surface area (Å²) >= 11 is 0. The minimum atomic E-state index is 0.445. The average molecular weight is 895 g/mol. The summed E-state index contributed by atoms with van der Waals surface area (Å²) in [6.07, 6.45) is 0. The summed E-state index contributed by atoms with van der Waals surface area (Å²) < 4.78 is 38.6. The Labute approximate surface area is 409 Å². The largest absolute Gasteiger partial charge is 0.310 e. The van der Waals surface area contributed by atoms with E-state index in [1.165, 1.54) is 10.8 Å². The van der Waals surface area contributed by atoms with Crippen molar-refractivity contribution in [2.45, 2.75) is 0 Å². The van der Waals surface area contributed by atoms with Gasteiger partial charge in [0, 0.05) is 77.0 Å². The van der Waals surface area contributed by atoms with E-state index in [-0.39, 0.29) is 0 Å². The fraction of sp³-hybridized carbons (Fsp3) is 0. The van der Waals surface area contributed by atoms with Crippen LogP contribution >= 0.6 is 0 Å². The molecule has 70 heavy (non-hydrogen) atoms. The number of benzene rings is 11. The molecule has 15 rings (SSSR count). The molecule has 4 heterocycles. The van der Waals surface area contributed by atoms with Crippen molar-refractivity contribution in [2.75, 3.05) is 9.80 Å². The third kappa shape index (κ3) is 5.36. The highest BCUT2D eigenvalue weighted by atomic mass is 15.2. The molecule has 0 spiro atoms. The number of hydrogen-bond donors (Lipinski definition) is 0. The molecule has 0 saturated heterocycles. The molecule has 0 radical (unpaired) electrons. The van der Waals surface area contributed by atoms with Crippen LogP contribution in [0.5, 0.6) is 0 Å². The van der Waals surface area contributed by atoms with Gasteiger partial charge in [-0.2, -0.15) is 0 Å². The lowest BCUT2D eigenvalue weighted by Crippen LogP contribution is -2.10. The third-order valence-corrected chi connectivity index (χ3v) is 14.5. The van der Waals surface area contributed by atoms with Crippen molar-refractivity contribution in [1.29, 1.82) is 0 Å². The number of para-hydroxylation sites is 6. The number of hydrogen-bond acceptors (Lipinski definition) is 2. The SMILES string of the molecule is [2H]c1ccc(N(c2ccc([2H])cc2)c2cccc3c2c2cccc4c5c(-c6ccccc6)c6c(c(-c7ccccc7)c5n3c24)c2cccc3c4c(N(c5ccc([2H])cc5)c5ccc([2H])cc5)cccc4n6c32)cc1. The zero-order valence-corrected chi connectivity index (χ0v) is 37.7. The Kier molecular flexibility index (Phi) is 7.50. The molecule has 0 atom stereocenters. The highest BCUT2D eigenvalue weighted by molar-refractivity contribution is 6.39. The van der Waals surface area contributed by atoms with E-state index >= 15 is 0 Å². The van der Waals surface area contributed by atoms with Crippen LogP contribution in [0, 0.1) is 0 Å². The van der Waals surface area contributed by atoms with Crippen LogP contribution in [0.25, 0.3) is 98.4 Å². The van der Waals surface area contributed by atoms with Gasteiger partial charge in [0.1, 0.15) is 0 Å². The standard InChI is InChI=1S/C66H42N4/c1-7-23-43(24-8-1)57-61-51-37-19-35-49-60-54(68(47-31-15-5-16-32-47)48-33-17-6-18-34-48)40-22-42-56(60)70(63(49)51)66(61)58(44-25-9-2-10-26-44)62-52-38-20-36-50-59-53(39-21-41-55(59)69(64(50)52)65(57)62)67(45-27-11-3-12-28-45)46-29-13-4-14-30-46/h1-42H/i3D,4D,5D,6D. The smallest absolute Gasteiger partial charge is 0.0634 e. The summed E-state index contributed by atoms with van der Waals surface area (Å²) in [6, 6.07) is 81.2. The van der Waals surface area contributed by atoms with Crippen LogP contribution < -0.4 is 9.80 Å². The number of rotatable bonds is 8. The van der Waals surface area contributed by atoms with Gasteiger partial charge < -0.3 is 18.6 Å². The predicted molar refractivity (Wildman–Crippen MR) is 296 cm³/mol. The van der Waals surface area contributed by atoms with Crippen molar-refractivity contribution in [3.05, 3.63) is 255 Å². The number of nitrogens with zero attached hydrogens (tertiary/aromatic N) is 4. The van der Waals surface area contributed by atoms with Gasteiger partial charge >= 0.3 is 0 Å². The van der Waals surface area contributed by atoms with Gasteiger partial charge in [-0.25, -0.2) is 0 Å². The highest BCUT2D eigenvalue weighted by Crippen LogP contribution is 2.56. The zero-order valence-electron chi connectivity index (χ0n) is 41.7. The zero-order chi connectivity index (χ0) is 49.3. The Balaban J connectivity index is 1.13. The Morgan fingerprint density at radius 1 is 0.271 bits per heavy atom. The van der Waals surface area contributed by atoms with E-state index in [2.05, 4.69) is 152 Å². The molecule has 0 aliphatic carbocycles. The molecule has 11 aromatic carbocycles. The summed E-state index contributed by atoms with van der Waals surface area (Å²) in [5, 5.41) is 9.19. The van der Waals surface area contributed by atoms with Crippen molar-refractivity contribution in [3.8, 4) is 22.3 Å². The molecule has 0 N–H and O–H groups in total. The topological polar surface area (TPSA) is 15.3 Å². The monoisotopic (exact) mass is 894 g/mol. The molecule has 4 heteroatoms. The predicted octanol–water partition coefficient (Wildman–Crippen LogP) is 18.3. The van der Waals surface area contributed by atoms with Crippen molar-refractivity contribution < 1.29 is 5.48 Å². The van der Waals surface area contributed by atoms with Crippen molar-refractivity contribution in [2.24, 2.45) is 0 Å². The molecule has 0 bridgehead atoms. The van der Waals surface area contributed by atoms with E-state index in [9.17, 15) is 0 Å². The van der Waals surface area contributed by atoms with Crippen LogP contribution in [-0.2, 0) is 0 Å². The van der Waals surface area contributed by atoms with Gasteiger partial charge in [0.15, 0.2) is 0 Å². The lowest BCUT2D eigenvalue weighted by atomic mass is 9.89. The van der Waals surface area contributed by atoms with Crippen LogP contribution in [-0.4, -0.2) is 8.80 Å². The van der Waals surface area contributed by atoms with Crippen LogP contribution in [0.15, 0.2) is 255 Å². The first-order valence-electron chi connectivity index (χ1n) is 25.8. The van der Waals surface area contributed by atoms with Gasteiger partial charge in [-0.15, -0.1) is 0 Å². The van der Waals surface area contributed by atoms with Gasteiger partial charge in [0.2, 0.25) is 0 Å². The van der Waals surface area contributed by atoms with Crippen LogP contribution in [0.4, 0.5) is 34.1 Å². The van der Waals surface area contributed by atoms with E-state index in [1.54, 1.807) is 0 Å². The lowest BCUT2D eigenvalue weighted by Gasteiger charge is -2.26. The molecule has 0 aliphatic rings. The maximum atomic E-state index is 8.39. The summed E-state index contributed by atoms with van der Waals surface area (Å²) in [5.41, 5.74) is 17.1. The van der Waals surface area contributed by atoms with Crippen LogP contribution in [0.2, 0.25) is 0 Å². The summed E-state index contributed by atoms with van der Waals surface area (Å²) in [7, 11) is 0. The summed E-state index contributed by atoms with van der Waals surface area (Å²) in [4.78, 5) is 4.53. The molecule has 0 unspecified atom stereocenters. The first kappa shape index (κ1) is 34.9. The Bertz CT molecular complexity index is 4270. The second-order valence-electron chi connectivity index (χ2n) is 18.0. The minimum absolute atomic E-state index is 0.445. The number of anilines is 6. The van der Waals surface area contributed by atoms with E-state index in [4.69, 9.17) is 5.48 Å². The van der Waals surface area contributed by atoms with Crippen molar-refractivity contribution >= 4 is 110 Å². The van der Waals surface area contributed by atoms with E-state index in [0.717, 1.165) is 122 Å². The maximum absolute atomic E-state index is 8.39. The molecule has 0 amide bonds. The number of aromatic nitrogens is 2. The molecule has 0 aliphatic heterocycles. The van der Waals surface area contributed by atoms with Gasteiger partial charge in [-0.3, -0.25) is 0 Å². The molecule has 4 nitrogen and oxygen atoms in total. The minimum Gasteiger partial charge on any atom is -0.310 e. The molecule has 326 valence electrons. The normalized spacial score (nSPS) is 12.8. The Hall–Kier alpha value is -9.38. The van der Waals surface area contributed by atoms with Gasteiger partial charge in [0.25, 0.3) is 0 Å². The number of fused-ring (bicyclic) bond motifs is 12. The molecule has 0 saturated carbocycles. The van der Waals surface area contributed by atoms with Crippen LogP contribution in [0.3, 0.4) is 0 Å². The summed E-state index contributed by atoms with van der Waals surface area (Å²) in [5.74, 6) is 0. The lowest BCUT2D eigenvalue weighted by molar-refractivity contribution is 1.29. The molecule has 4 aromatic heterocycles. The van der Waals surface area contributed by atoms with Crippen molar-refractivity contribution in [3.63, 3.8) is 0 Å². The first-order valence-corrected chi connectivity index (χ1v) is 23.8. The summed E-state index contributed by atoms with van der Waals surface area (Å²) in [6.45, 7) is 0. The van der Waals surface area contributed by atoms with Gasteiger partial charge in [-0.05, 0) is 83.9 Å².